The topological polar surface area (TPSA) is 68.3 Å². The largest absolute Gasteiger partial charge is 0.352 e. The van der Waals surface area contributed by atoms with Crippen LogP contribution in [0.1, 0.15) is 24.0 Å². The molecular weight excluding hydrogens is 592 g/mol. The lowest BCUT2D eigenvalue weighted by atomic mass is 9.93. The molecule has 0 radical (unpaired) electrons. The highest BCUT2D eigenvalue weighted by Crippen LogP contribution is 2.39. The molecule has 0 amide bonds. The Bertz CT molecular complexity index is 2320. The van der Waals surface area contributed by atoms with Crippen molar-refractivity contribution in [3.8, 4) is 11.5 Å². The molecule has 0 aliphatic carbocycles. The van der Waals surface area contributed by atoms with Crippen molar-refractivity contribution in [1.29, 1.82) is 0 Å². The highest BCUT2D eigenvalue weighted by Gasteiger charge is 2.18. The Morgan fingerprint density at radius 3 is 1.29 bits per heavy atom. The number of aromatic nitrogens is 2. The normalized spacial score (nSPS) is 13.3. The molecule has 1 aliphatic heterocycles. The Morgan fingerprint density at radius 1 is 0.396 bits per heavy atom. The molecule has 0 bridgehead atoms. The van der Waals surface area contributed by atoms with Gasteiger partial charge < -0.3 is 10.6 Å². The summed E-state index contributed by atoms with van der Waals surface area (Å²) in [4.78, 5) is 22.3. The number of anilines is 4. The van der Waals surface area contributed by atoms with Crippen molar-refractivity contribution in [2.45, 2.75) is 25.7 Å². The zero-order valence-corrected chi connectivity index (χ0v) is 26.2. The lowest BCUT2D eigenvalue weighted by molar-refractivity contribution is -0.0984. The van der Waals surface area contributed by atoms with Crippen LogP contribution in [-0.2, 0) is 12.8 Å². The first-order chi connectivity index (χ1) is 23.8. The summed E-state index contributed by atoms with van der Waals surface area (Å²) in [5.41, 5.74) is 10.1. The van der Waals surface area contributed by atoms with Crippen LogP contribution in [0.3, 0.4) is 0 Å². The van der Waals surface area contributed by atoms with E-state index < -0.39 is 0 Å². The molecule has 6 aromatic carbocycles. The molecule has 0 saturated carbocycles. The van der Waals surface area contributed by atoms with Crippen molar-refractivity contribution in [2.24, 2.45) is 0 Å². The van der Waals surface area contributed by atoms with Gasteiger partial charge in [-0.1, -0.05) is 72.8 Å². The Morgan fingerprint density at radius 2 is 0.792 bits per heavy atom. The number of hydrogen-bond donors (Lipinski definition) is 2. The van der Waals surface area contributed by atoms with Gasteiger partial charge in [0, 0.05) is 32.9 Å². The van der Waals surface area contributed by atoms with Gasteiger partial charge in [0.05, 0.1) is 33.4 Å². The van der Waals surface area contributed by atoms with E-state index in [-0.39, 0.29) is 0 Å². The summed E-state index contributed by atoms with van der Waals surface area (Å²) in [6, 6.07) is 45.2. The van der Waals surface area contributed by atoms with Gasteiger partial charge in [-0.25, -0.2) is 9.97 Å². The second kappa shape index (κ2) is 11.9. The zero-order chi connectivity index (χ0) is 31.9. The van der Waals surface area contributed by atoms with E-state index in [1.54, 1.807) is 0 Å². The summed E-state index contributed by atoms with van der Waals surface area (Å²) in [7, 11) is 0. The molecule has 0 atom stereocenters. The number of fused-ring (bicyclic) bond motifs is 6. The fourth-order valence-electron chi connectivity index (χ4n) is 7.08. The molecule has 2 N–H and O–H groups in total. The standard InChI is InChI=1S/C42H32N4O2/c1-2-16-30-28-14-4-6-18-32(28)44-36-22-12-24-38(42(30)36)46-34-20-8-10-26-40(34)48-47-39-25-9-7-19-33(39)45-37-23-11-21-35-41(37)29(15-1)27-13-3-5-17-31(27)43-35/h3-14,17-26,45-46H,1-2,15-16H2. The lowest BCUT2D eigenvalue weighted by Gasteiger charge is -2.19. The maximum atomic E-state index is 6.08. The number of hydrogen-bond acceptors (Lipinski definition) is 6. The fourth-order valence-corrected chi connectivity index (χ4v) is 7.08. The predicted octanol–water partition coefficient (Wildman–Crippen LogP) is 10.8. The third kappa shape index (κ3) is 4.99. The van der Waals surface area contributed by atoms with E-state index in [4.69, 9.17) is 19.7 Å². The zero-order valence-electron chi connectivity index (χ0n) is 26.2. The fraction of sp³-hybridized carbons (Fsp3) is 0.0952. The summed E-state index contributed by atoms with van der Waals surface area (Å²) >= 11 is 0. The van der Waals surface area contributed by atoms with Crippen molar-refractivity contribution in [3.05, 3.63) is 145 Å². The number of pyridine rings is 2. The molecule has 3 heterocycles. The van der Waals surface area contributed by atoms with Crippen LogP contribution >= 0.6 is 0 Å². The summed E-state index contributed by atoms with van der Waals surface area (Å²) in [6.45, 7) is 0. The van der Waals surface area contributed by atoms with Gasteiger partial charge in [-0.2, -0.15) is 0 Å². The van der Waals surface area contributed by atoms with Crippen molar-refractivity contribution in [1.82, 2.24) is 9.97 Å². The molecule has 1 aliphatic rings. The second-order valence-electron chi connectivity index (χ2n) is 12.2. The van der Waals surface area contributed by atoms with E-state index in [0.29, 0.717) is 11.5 Å². The highest BCUT2D eigenvalue weighted by molar-refractivity contribution is 6.06. The number of nitrogens with zero attached hydrogens (tertiary/aromatic N) is 2. The van der Waals surface area contributed by atoms with Gasteiger partial charge in [-0.05, 0) is 97.5 Å². The summed E-state index contributed by atoms with van der Waals surface area (Å²) in [5, 5.41) is 12.0. The van der Waals surface area contributed by atoms with E-state index in [9.17, 15) is 0 Å². The van der Waals surface area contributed by atoms with E-state index in [2.05, 4.69) is 95.6 Å². The van der Waals surface area contributed by atoms with Gasteiger partial charge in [0.2, 0.25) is 11.5 Å². The molecule has 0 unspecified atom stereocenters. The maximum Gasteiger partial charge on any atom is 0.201 e. The van der Waals surface area contributed by atoms with Crippen molar-refractivity contribution in [3.63, 3.8) is 0 Å². The number of rotatable bonds is 0. The van der Waals surface area contributed by atoms with Crippen molar-refractivity contribution >= 4 is 66.4 Å². The number of nitrogens with one attached hydrogen (secondary N) is 2. The van der Waals surface area contributed by atoms with E-state index in [0.717, 1.165) is 81.3 Å². The van der Waals surface area contributed by atoms with Gasteiger partial charge in [0.1, 0.15) is 0 Å². The molecule has 6 nitrogen and oxygen atoms in total. The van der Waals surface area contributed by atoms with Crippen LogP contribution in [0.5, 0.6) is 11.5 Å². The Balaban J connectivity index is 1.24. The lowest BCUT2D eigenvalue weighted by Crippen LogP contribution is -2.06. The monoisotopic (exact) mass is 624 g/mol. The van der Waals surface area contributed by atoms with Crippen LogP contribution in [0.15, 0.2) is 133 Å². The molecular formula is C42H32N4O2. The second-order valence-corrected chi connectivity index (χ2v) is 12.2. The van der Waals surface area contributed by atoms with Gasteiger partial charge in [0.25, 0.3) is 0 Å². The maximum absolute atomic E-state index is 6.08. The van der Waals surface area contributed by atoms with Crippen LogP contribution in [-0.4, -0.2) is 9.97 Å². The molecule has 2 aromatic heterocycles. The van der Waals surface area contributed by atoms with Gasteiger partial charge in [-0.3, -0.25) is 9.78 Å². The Hall–Kier alpha value is -6.14. The van der Waals surface area contributed by atoms with E-state index in [1.165, 1.54) is 21.9 Å². The quantitative estimate of drug-likeness (QED) is 0.129. The van der Waals surface area contributed by atoms with Crippen LogP contribution in [0, 0.1) is 0 Å². The van der Waals surface area contributed by atoms with Crippen LogP contribution in [0.2, 0.25) is 0 Å². The number of aryl methyl sites for hydroxylation is 2. The third-order valence-corrected chi connectivity index (χ3v) is 9.27. The molecule has 6 heteroatoms. The van der Waals surface area contributed by atoms with Gasteiger partial charge in [0.15, 0.2) is 0 Å². The molecule has 0 saturated heterocycles. The van der Waals surface area contributed by atoms with Gasteiger partial charge >= 0.3 is 0 Å². The van der Waals surface area contributed by atoms with Crippen LogP contribution in [0.4, 0.5) is 22.7 Å². The molecule has 9 rings (SSSR count). The smallest absolute Gasteiger partial charge is 0.201 e. The average molecular weight is 625 g/mol. The highest BCUT2D eigenvalue weighted by atomic mass is 17.2. The van der Waals surface area contributed by atoms with Crippen molar-refractivity contribution < 1.29 is 9.78 Å². The summed E-state index contributed by atoms with van der Waals surface area (Å²) < 4.78 is 0. The molecule has 8 aromatic rings. The Kier molecular flexibility index (Phi) is 6.97. The Labute approximate surface area is 277 Å². The minimum absolute atomic E-state index is 0.573. The minimum atomic E-state index is 0.573. The average Bonchev–Trinajstić information content (AvgIpc) is 3.12. The van der Waals surface area contributed by atoms with Crippen LogP contribution in [0.25, 0.3) is 43.6 Å². The predicted molar refractivity (Wildman–Crippen MR) is 196 cm³/mol. The summed E-state index contributed by atoms with van der Waals surface area (Å²) in [6.07, 6.45) is 3.86. The molecule has 232 valence electrons. The van der Waals surface area contributed by atoms with Crippen LogP contribution < -0.4 is 20.4 Å². The minimum Gasteiger partial charge on any atom is -0.352 e. The first-order valence-corrected chi connectivity index (χ1v) is 16.5. The molecule has 48 heavy (non-hydrogen) atoms. The first kappa shape index (κ1) is 28.1. The first-order valence-electron chi connectivity index (χ1n) is 16.5. The number of benzene rings is 6. The molecule has 0 fully saturated rings. The third-order valence-electron chi connectivity index (χ3n) is 9.27. The van der Waals surface area contributed by atoms with E-state index in [1.807, 2.05) is 48.5 Å². The summed E-state index contributed by atoms with van der Waals surface area (Å²) in [5.74, 6) is 1.15. The van der Waals surface area contributed by atoms with E-state index >= 15 is 0 Å². The SMILES string of the molecule is c1ccc2c(c1)Nc1cccc3nc4ccccc4c(c13)CCCCc1c3ccccc3nc3cccc(c13)Nc1ccccc1OO2. The molecule has 0 spiro atoms. The number of para-hydroxylation sites is 6. The van der Waals surface area contributed by atoms with Crippen molar-refractivity contribution in [2.75, 3.05) is 10.6 Å². The van der Waals surface area contributed by atoms with Gasteiger partial charge in [-0.15, -0.1) is 0 Å².